The maximum atomic E-state index is 14.6. The van der Waals surface area contributed by atoms with E-state index in [2.05, 4.69) is 9.47 Å². The van der Waals surface area contributed by atoms with Crippen LogP contribution in [0.5, 0.6) is 11.5 Å². The zero-order valence-corrected chi connectivity index (χ0v) is 20.5. The highest BCUT2D eigenvalue weighted by atomic mass is 19.4. The van der Waals surface area contributed by atoms with Crippen LogP contribution in [0.3, 0.4) is 0 Å². The van der Waals surface area contributed by atoms with Gasteiger partial charge in [-0.25, -0.2) is 9.18 Å². The lowest BCUT2D eigenvalue weighted by Gasteiger charge is -2.19. The normalized spacial score (nSPS) is 12.8. The molecule has 0 aliphatic rings. The number of alkyl halides is 5. The first-order valence-corrected chi connectivity index (χ1v) is 11.4. The number of halogens is 6. The van der Waals surface area contributed by atoms with Crippen LogP contribution in [-0.4, -0.2) is 25.4 Å². The van der Waals surface area contributed by atoms with Crippen molar-refractivity contribution in [2.24, 2.45) is 0 Å². The van der Waals surface area contributed by atoms with Crippen molar-refractivity contribution in [2.45, 2.75) is 25.1 Å². The van der Waals surface area contributed by atoms with Gasteiger partial charge in [-0.1, -0.05) is 25.1 Å². The molecule has 12 heteroatoms. The number of hydrogen-bond donors (Lipinski definition) is 2. The molecule has 6 nitrogen and oxygen atoms in total. The van der Waals surface area contributed by atoms with Crippen LogP contribution in [0.25, 0.3) is 6.08 Å². The molecule has 39 heavy (non-hydrogen) atoms. The fourth-order valence-electron chi connectivity index (χ4n) is 3.36. The molecule has 0 radical (unpaired) electrons. The molecule has 0 amide bonds. The first-order valence-electron chi connectivity index (χ1n) is 11.4. The summed E-state index contributed by atoms with van der Waals surface area (Å²) in [5.74, 6) is -3.58. The number of anilines is 2. The molecular formula is C27H24F6N2O4. The van der Waals surface area contributed by atoms with E-state index in [1.165, 1.54) is 18.2 Å². The van der Waals surface area contributed by atoms with Crippen LogP contribution in [-0.2, 0) is 15.6 Å². The Balaban J connectivity index is 1.56. The van der Waals surface area contributed by atoms with Crippen LogP contribution in [0.1, 0.15) is 29.5 Å². The summed E-state index contributed by atoms with van der Waals surface area (Å²) in [6.07, 6.45) is -6.14. The zero-order chi connectivity index (χ0) is 28.8. The number of carbonyl (C=O) groups excluding carboxylic acids is 1. The smallest absolute Gasteiger partial charge is 0.426 e. The van der Waals surface area contributed by atoms with E-state index in [0.29, 0.717) is 23.0 Å². The Morgan fingerprint density at radius 3 is 2.28 bits per heavy atom. The van der Waals surface area contributed by atoms with Crippen LogP contribution in [0, 0.1) is 5.82 Å². The second-order valence-electron chi connectivity index (χ2n) is 8.49. The second kappa shape index (κ2) is 12.0. The van der Waals surface area contributed by atoms with Gasteiger partial charge in [0.05, 0.1) is 12.2 Å². The average molecular weight is 554 g/mol. The van der Waals surface area contributed by atoms with Crippen molar-refractivity contribution in [2.75, 3.05) is 24.7 Å². The third kappa shape index (κ3) is 8.59. The lowest BCUT2D eigenvalue weighted by molar-refractivity contribution is -0.187. The summed E-state index contributed by atoms with van der Waals surface area (Å²) in [5.41, 5.74) is 13.1. The molecule has 3 rings (SSSR count). The van der Waals surface area contributed by atoms with Crippen LogP contribution in [0.2, 0.25) is 0 Å². The third-order valence-corrected chi connectivity index (χ3v) is 5.32. The fourth-order valence-corrected chi connectivity index (χ4v) is 3.36. The first-order chi connectivity index (χ1) is 18.2. The van der Waals surface area contributed by atoms with Crippen molar-refractivity contribution < 1.29 is 45.3 Å². The monoisotopic (exact) mass is 554 g/mol. The van der Waals surface area contributed by atoms with Crippen LogP contribution >= 0.6 is 0 Å². The van der Waals surface area contributed by atoms with Gasteiger partial charge in [-0.3, -0.25) is 0 Å². The molecule has 208 valence electrons. The van der Waals surface area contributed by atoms with Gasteiger partial charge in [-0.2, -0.15) is 22.0 Å². The van der Waals surface area contributed by atoms with E-state index in [4.69, 9.17) is 16.2 Å². The highest BCUT2D eigenvalue weighted by Crippen LogP contribution is 2.34. The first kappa shape index (κ1) is 29.2. The molecule has 3 aromatic rings. The van der Waals surface area contributed by atoms with Crippen molar-refractivity contribution in [3.63, 3.8) is 0 Å². The summed E-state index contributed by atoms with van der Waals surface area (Å²) >= 11 is 0. The van der Waals surface area contributed by atoms with E-state index in [9.17, 15) is 31.1 Å². The molecule has 3 aromatic carbocycles. The topological polar surface area (TPSA) is 96.8 Å². The Hall–Kier alpha value is -4.35. The lowest BCUT2D eigenvalue weighted by atomic mass is 10.00. The largest absolute Gasteiger partial charge is 0.484 e. The Kier molecular flexibility index (Phi) is 9.00. The van der Waals surface area contributed by atoms with Crippen molar-refractivity contribution in [1.82, 2.24) is 0 Å². The van der Waals surface area contributed by atoms with E-state index >= 15 is 0 Å². The number of nitrogen functional groups attached to an aromatic ring is 2. The molecule has 0 heterocycles. The van der Waals surface area contributed by atoms with Crippen LogP contribution in [0.15, 0.2) is 66.7 Å². The van der Waals surface area contributed by atoms with Crippen molar-refractivity contribution in [1.29, 1.82) is 0 Å². The lowest BCUT2D eigenvalue weighted by Crippen LogP contribution is -2.22. The van der Waals surface area contributed by atoms with E-state index in [0.717, 1.165) is 35.9 Å². The minimum atomic E-state index is -4.65. The molecule has 1 unspecified atom stereocenters. The second-order valence-corrected chi connectivity index (χ2v) is 8.49. The molecule has 4 N–H and O–H groups in total. The Labute approximate surface area is 219 Å². The highest BCUT2D eigenvalue weighted by molar-refractivity contribution is 5.87. The summed E-state index contributed by atoms with van der Waals surface area (Å²) in [6, 6.07) is 11.7. The van der Waals surface area contributed by atoms with E-state index < -0.39 is 47.7 Å². The van der Waals surface area contributed by atoms with Crippen LogP contribution in [0.4, 0.5) is 37.7 Å². The SMILES string of the molecule is CC(COC(=O)/C=C/c1ccc(C(F)(F)Oc2ccc(OCC(F)(F)F)cc2F)cc1)c1ccc(N)cc1N. The van der Waals surface area contributed by atoms with Gasteiger partial charge in [0.15, 0.2) is 18.2 Å². The van der Waals surface area contributed by atoms with Crippen molar-refractivity contribution >= 4 is 23.4 Å². The van der Waals surface area contributed by atoms with Gasteiger partial charge in [0.2, 0.25) is 0 Å². The number of ether oxygens (including phenoxy) is 3. The summed E-state index contributed by atoms with van der Waals surface area (Å²) in [5, 5.41) is 0. The molecular weight excluding hydrogens is 530 g/mol. The Morgan fingerprint density at radius 2 is 1.67 bits per heavy atom. The summed E-state index contributed by atoms with van der Waals surface area (Å²) in [6.45, 7) is 0.201. The van der Waals surface area contributed by atoms with Gasteiger partial charge in [0.1, 0.15) is 5.75 Å². The van der Waals surface area contributed by atoms with E-state index in [-0.39, 0.29) is 12.5 Å². The molecule has 0 aromatic heterocycles. The predicted octanol–water partition coefficient (Wildman–Crippen LogP) is 6.42. The number of esters is 1. The molecule has 0 fully saturated rings. The van der Waals surface area contributed by atoms with Gasteiger partial charge >= 0.3 is 18.3 Å². The standard InChI is InChI=1S/C27H24F6N2O4/c1-16(21-9-7-19(34)12-23(21)35)14-37-25(36)11-4-17-2-5-18(6-3-17)27(32,33)39-24-10-8-20(13-22(24)28)38-15-26(29,30)31/h2-13,16H,14-15,34-35H2,1H3/b11-4+. The van der Waals surface area contributed by atoms with E-state index in [1.807, 2.05) is 6.92 Å². The molecule has 0 bridgehead atoms. The molecule has 0 saturated heterocycles. The van der Waals surface area contributed by atoms with Crippen molar-refractivity contribution in [3.05, 3.63) is 89.2 Å². The predicted molar refractivity (Wildman–Crippen MR) is 133 cm³/mol. The number of rotatable bonds is 10. The highest BCUT2D eigenvalue weighted by Gasteiger charge is 2.35. The minimum Gasteiger partial charge on any atom is -0.484 e. The average Bonchev–Trinajstić information content (AvgIpc) is 2.86. The molecule has 0 aliphatic carbocycles. The van der Waals surface area contributed by atoms with Gasteiger partial charge in [0.25, 0.3) is 0 Å². The summed E-state index contributed by atoms with van der Waals surface area (Å²) in [7, 11) is 0. The third-order valence-electron chi connectivity index (χ3n) is 5.32. The Bertz CT molecular complexity index is 1330. The molecule has 1 atom stereocenters. The maximum absolute atomic E-state index is 14.6. The maximum Gasteiger partial charge on any atom is 0.426 e. The zero-order valence-electron chi connectivity index (χ0n) is 20.5. The number of carbonyl (C=O) groups is 1. The number of hydrogen-bond acceptors (Lipinski definition) is 6. The summed E-state index contributed by atoms with van der Waals surface area (Å²) in [4.78, 5) is 12.1. The number of benzene rings is 3. The quantitative estimate of drug-likeness (QED) is 0.130. The summed E-state index contributed by atoms with van der Waals surface area (Å²) < 4.78 is 93.9. The fraction of sp³-hybridized carbons (Fsp3) is 0.222. The van der Waals surface area contributed by atoms with Gasteiger partial charge in [0, 0.05) is 29.4 Å². The Morgan fingerprint density at radius 1 is 0.974 bits per heavy atom. The molecule has 0 aliphatic heterocycles. The molecule has 0 spiro atoms. The molecule has 0 saturated carbocycles. The minimum absolute atomic E-state index is 0.0474. The van der Waals surface area contributed by atoms with Crippen molar-refractivity contribution in [3.8, 4) is 11.5 Å². The van der Waals surface area contributed by atoms with Gasteiger partial charge in [-0.15, -0.1) is 0 Å². The van der Waals surface area contributed by atoms with Gasteiger partial charge < -0.3 is 25.7 Å². The van der Waals surface area contributed by atoms with E-state index in [1.54, 1.807) is 18.2 Å². The van der Waals surface area contributed by atoms with Crippen LogP contribution < -0.4 is 20.9 Å². The number of nitrogens with two attached hydrogens (primary N) is 2. The van der Waals surface area contributed by atoms with Gasteiger partial charge in [-0.05, 0) is 53.6 Å².